The van der Waals surface area contributed by atoms with Crippen molar-refractivity contribution in [1.29, 1.82) is 0 Å². The van der Waals surface area contributed by atoms with Crippen molar-refractivity contribution in [3.05, 3.63) is 52.6 Å². The number of hydrogen-bond donors (Lipinski definition) is 1. The van der Waals surface area contributed by atoms with E-state index in [9.17, 15) is 18.8 Å². The Labute approximate surface area is 210 Å². The Bertz CT molecular complexity index is 1090. The van der Waals surface area contributed by atoms with E-state index in [0.29, 0.717) is 42.7 Å². The van der Waals surface area contributed by atoms with Gasteiger partial charge in [0, 0.05) is 50.1 Å². The molecular weight excluding hydrogens is 473 g/mol. The molecule has 1 fully saturated rings. The number of rotatable bonds is 7. The summed E-state index contributed by atoms with van der Waals surface area (Å²) in [5.41, 5.74) is 0.802. The van der Waals surface area contributed by atoms with Gasteiger partial charge >= 0.3 is 6.09 Å². The zero-order valence-corrected chi connectivity index (χ0v) is 21.5. The molecule has 190 valence electrons. The Morgan fingerprint density at radius 2 is 1.97 bits per heavy atom. The van der Waals surface area contributed by atoms with Crippen molar-refractivity contribution in [2.45, 2.75) is 71.4 Å². The Morgan fingerprint density at radius 3 is 2.63 bits per heavy atom. The van der Waals surface area contributed by atoms with Gasteiger partial charge in [0.15, 0.2) is 0 Å². The van der Waals surface area contributed by atoms with Crippen LogP contribution in [0.15, 0.2) is 30.6 Å². The molecule has 1 aromatic heterocycles. The molecule has 2 aromatic rings. The largest absolute Gasteiger partial charge is 0.444 e. The van der Waals surface area contributed by atoms with Crippen molar-refractivity contribution in [2.24, 2.45) is 0 Å². The molecule has 2 amide bonds. The number of hydrogen-bond acceptors (Lipinski definition) is 4. The van der Waals surface area contributed by atoms with Crippen molar-refractivity contribution in [3.8, 4) is 5.69 Å². The Morgan fingerprint density at radius 1 is 1.23 bits per heavy atom. The molecule has 9 heteroatoms. The molecule has 1 saturated heterocycles. The van der Waals surface area contributed by atoms with Gasteiger partial charge < -0.3 is 19.5 Å². The van der Waals surface area contributed by atoms with Gasteiger partial charge in [-0.3, -0.25) is 9.59 Å². The van der Waals surface area contributed by atoms with Crippen LogP contribution in [0.1, 0.15) is 69.3 Å². The molecule has 35 heavy (non-hydrogen) atoms. The van der Waals surface area contributed by atoms with Gasteiger partial charge in [-0.1, -0.05) is 18.5 Å². The average Bonchev–Trinajstić information content (AvgIpc) is 3.18. The molecule has 1 N–H and O–H groups in total. The molecule has 0 saturated carbocycles. The highest BCUT2D eigenvalue weighted by Gasteiger charge is 2.29. The third kappa shape index (κ3) is 7.31. The van der Waals surface area contributed by atoms with Gasteiger partial charge in [-0.15, -0.1) is 0 Å². The lowest BCUT2D eigenvalue weighted by atomic mass is 10.0. The lowest BCUT2D eigenvalue weighted by Crippen LogP contribution is -2.50. The van der Waals surface area contributed by atoms with Gasteiger partial charge in [-0.2, -0.15) is 0 Å². The van der Waals surface area contributed by atoms with Crippen LogP contribution >= 0.6 is 11.6 Å². The van der Waals surface area contributed by atoms with Crippen LogP contribution in [0.25, 0.3) is 5.69 Å². The molecule has 0 unspecified atom stereocenters. The standard InChI is InChI=1S/C26H33ClFN3O4/c1-5-7-20(32)12-17-14-31(19-9-10-22(27)23(28)13-19)16-21(17)24(33)29-18-8-6-11-30(15-18)25(34)35-26(2,3)4/h9-10,13-14,16,18H,5-8,11-12,15H2,1-4H3,(H,29,33)/t18-/m0/s1. The van der Waals surface area contributed by atoms with E-state index < -0.39 is 17.5 Å². The van der Waals surface area contributed by atoms with E-state index >= 15 is 0 Å². The summed E-state index contributed by atoms with van der Waals surface area (Å²) in [5, 5.41) is 3.01. The number of benzene rings is 1. The minimum Gasteiger partial charge on any atom is -0.444 e. The summed E-state index contributed by atoms with van der Waals surface area (Å²) in [6.45, 7) is 8.27. The summed E-state index contributed by atoms with van der Waals surface area (Å²) < 4.78 is 21.1. The molecule has 1 atom stereocenters. The molecule has 0 radical (unpaired) electrons. The molecule has 0 spiro atoms. The van der Waals surface area contributed by atoms with E-state index in [4.69, 9.17) is 16.3 Å². The first-order valence-corrected chi connectivity index (χ1v) is 12.3. The number of nitrogens with zero attached hydrogens (tertiary/aromatic N) is 2. The van der Waals surface area contributed by atoms with Crippen LogP contribution in [0.4, 0.5) is 9.18 Å². The van der Waals surface area contributed by atoms with Crippen LogP contribution in [0, 0.1) is 5.82 Å². The van der Waals surface area contributed by atoms with E-state index in [1.165, 1.54) is 12.1 Å². The van der Waals surface area contributed by atoms with Gasteiger partial charge in [-0.25, -0.2) is 9.18 Å². The van der Waals surface area contributed by atoms with Gasteiger partial charge in [0.2, 0.25) is 0 Å². The number of piperidine rings is 1. The number of amides is 2. The molecule has 1 aromatic carbocycles. The topological polar surface area (TPSA) is 80.6 Å². The van der Waals surface area contributed by atoms with Gasteiger partial charge in [0.05, 0.1) is 10.6 Å². The number of Topliss-reactive ketones (excluding diaryl/α,β-unsaturated/α-hetero) is 1. The molecule has 7 nitrogen and oxygen atoms in total. The zero-order valence-electron chi connectivity index (χ0n) is 20.7. The second-order valence-electron chi connectivity index (χ2n) is 9.91. The number of likely N-dealkylation sites (tertiary alicyclic amines) is 1. The fourth-order valence-electron chi connectivity index (χ4n) is 4.07. The van der Waals surface area contributed by atoms with E-state index in [1.807, 2.05) is 27.7 Å². The number of ether oxygens (including phenoxy) is 1. The van der Waals surface area contributed by atoms with Gasteiger partial charge in [0.1, 0.15) is 17.2 Å². The highest BCUT2D eigenvalue weighted by Crippen LogP contribution is 2.23. The summed E-state index contributed by atoms with van der Waals surface area (Å²) >= 11 is 5.81. The molecule has 1 aliphatic rings. The second kappa shape index (κ2) is 11.2. The first-order chi connectivity index (χ1) is 16.5. The number of carbonyl (C=O) groups is 3. The SMILES string of the molecule is CCCC(=O)Cc1cn(-c2ccc(Cl)c(F)c2)cc1C(=O)N[C@H]1CCCN(C(=O)OC(C)(C)C)C1. The maximum absolute atomic E-state index is 14.0. The van der Waals surface area contributed by atoms with E-state index in [0.717, 1.165) is 12.8 Å². The van der Waals surface area contributed by atoms with Crippen molar-refractivity contribution >= 4 is 29.4 Å². The maximum Gasteiger partial charge on any atom is 0.410 e. The monoisotopic (exact) mass is 505 g/mol. The summed E-state index contributed by atoms with van der Waals surface area (Å²) in [7, 11) is 0. The summed E-state index contributed by atoms with van der Waals surface area (Å²) in [6.07, 6.45) is 5.56. The second-order valence-corrected chi connectivity index (χ2v) is 10.3. The third-order valence-corrected chi connectivity index (χ3v) is 5.99. The summed E-state index contributed by atoms with van der Waals surface area (Å²) in [5.74, 6) is -0.888. The summed E-state index contributed by atoms with van der Waals surface area (Å²) in [4.78, 5) is 39.7. The van der Waals surface area contributed by atoms with E-state index in [1.54, 1.807) is 27.9 Å². The number of halogens is 2. The molecule has 0 aliphatic carbocycles. The predicted octanol–water partition coefficient (Wildman–Crippen LogP) is 5.31. The van der Waals surface area contributed by atoms with E-state index in [-0.39, 0.29) is 29.2 Å². The lowest BCUT2D eigenvalue weighted by molar-refractivity contribution is -0.118. The number of aromatic nitrogens is 1. The van der Waals surface area contributed by atoms with Crippen LogP contribution in [-0.4, -0.2) is 52.0 Å². The van der Waals surface area contributed by atoms with Crippen LogP contribution in [0.5, 0.6) is 0 Å². The van der Waals surface area contributed by atoms with Crippen LogP contribution in [-0.2, 0) is 16.0 Å². The Kier molecular flexibility index (Phi) is 8.59. The molecule has 3 rings (SSSR count). The van der Waals surface area contributed by atoms with Crippen LogP contribution in [0.3, 0.4) is 0 Å². The Hall–Kier alpha value is -2.87. The molecule has 1 aliphatic heterocycles. The zero-order chi connectivity index (χ0) is 25.8. The number of ketones is 1. The van der Waals surface area contributed by atoms with Crippen LogP contribution < -0.4 is 5.32 Å². The first-order valence-electron chi connectivity index (χ1n) is 11.9. The highest BCUT2D eigenvalue weighted by atomic mass is 35.5. The molecule has 0 bridgehead atoms. The smallest absolute Gasteiger partial charge is 0.410 e. The normalized spacial score (nSPS) is 16.2. The average molecular weight is 506 g/mol. The minimum absolute atomic E-state index is 0.00376. The Balaban J connectivity index is 1.80. The minimum atomic E-state index is -0.600. The van der Waals surface area contributed by atoms with Crippen molar-refractivity contribution < 1.29 is 23.5 Å². The predicted molar refractivity (Wildman–Crippen MR) is 133 cm³/mol. The highest BCUT2D eigenvalue weighted by molar-refractivity contribution is 6.30. The number of carbonyl (C=O) groups excluding carboxylic acids is 3. The molecular formula is C26H33ClFN3O4. The van der Waals surface area contributed by atoms with Gasteiger partial charge in [-0.05, 0) is 63.8 Å². The molecule has 2 heterocycles. The van der Waals surface area contributed by atoms with Crippen molar-refractivity contribution in [2.75, 3.05) is 13.1 Å². The van der Waals surface area contributed by atoms with E-state index in [2.05, 4.69) is 5.32 Å². The number of nitrogens with one attached hydrogen (secondary N) is 1. The third-order valence-electron chi connectivity index (χ3n) is 5.68. The summed E-state index contributed by atoms with van der Waals surface area (Å²) in [6, 6.07) is 4.12. The quantitative estimate of drug-likeness (QED) is 0.553. The van der Waals surface area contributed by atoms with Gasteiger partial charge in [0.25, 0.3) is 5.91 Å². The van der Waals surface area contributed by atoms with Crippen molar-refractivity contribution in [1.82, 2.24) is 14.8 Å². The maximum atomic E-state index is 14.0. The van der Waals surface area contributed by atoms with Crippen molar-refractivity contribution in [3.63, 3.8) is 0 Å². The lowest BCUT2D eigenvalue weighted by Gasteiger charge is -2.34. The fourth-order valence-corrected chi connectivity index (χ4v) is 4.18. The first kappa shape index (κ1) is 26.7. The fraction of sp³-hybridized carbons (Fsp3) is 0.500. The van der Waals surface area contributed by atoms with Crippen LogP contribution in [0.2, 0.25) is 5.02 Å².